The van der Waals surface area contributed by atoms with Crippen LogP contribution in [0.1, 0.15) is 36.8 Å². The number of rotatable bonds is 3. The van der Waals surface area contributed by atoms with Gasteiger partial charge in [0.1, 0.15) is 5.82 Å². The van der Waals surface area contributed by atoms with Gasteiger partial charge in [-0.05, 0) is 30.5 Å². The summed E-state index contributed by atoms with van der Waals surface area (Å²) in [5.74, 6) is -1.20. The Labute approximate surface area is 150 Å². The lowest BCUT2D eigenvalue weighted by molar-refractivity contribution is -0.141. The van der Waals surface area contributed by atoms with Crippen molar-refractivity contribution in [2.75, 3.05) is 0 Å². The van der Waals surface area contributed by atoms with Crippen LogP contribution in [-0.4, -0.2) is 33.0 Å². The Bertz CT molecular complexity index is 828. The number of piperidine rings is 1. The predicted octanol–water partition coefficient (Wildman–Crippen LogP) is 2.94. The van der Waals surface area contributed by atoms with Gasteiger partial charge < -0.3 is 10.0 Å². The van der Waals surface area contributed by atoms with Gasteiger partial charge in [0.15, 0.2) is 0 Å². The number of halogens is 2. The molecule has 1 N–H and O–H groups in total. The maximum Gasteiger partial charge on any atom is 0.227 e. The third kappa shape index (κ3) is 2.88. The molecule has 1 aromatic heterocycles. The van der Waals surface area contributed by atoms with E-state index >= 15 is 0 Å². The summed E-state index contributed by atoms with van der Waals surface area (Å²) >= 11 is 0. The molecule has 0 spiro atoms. The second kappa shape index (κ2) is 6.43. The summed E-state index contributed by atoms with van der Waals surface area (Å²) in [6.45, 7) is 0. The Kier molecular flexibility index (Phi) is 4.23. The van der Waals surface area contributed by atoms with Crippen LogP contribution in [0.2, 0.25) is 0 Å². The van der Waals surface area contributed by atoms with Gasteiger partial charge in [-0.2, -0.15) is 4.39 Å². The first-order chi connectivity index (χ1) is 12.5. The average molecular weight is 358 g/mol. The fourth-order valence-corrected chi connectivity index (χ4v) is 4.48. The van der Waals surface area contributed by atoms with E-state index in [2.05, 4.69) is 4.98 Å². The molecule has 6 heteroatoms. The number of carbonyl (C=O) groups excluding carboxylic acids is 1. The van der Waals surface area contributed by atoms with Crippen LogP contribution in [0.3, 0.4) is 0 Å². The van der Waals surface area contributed by atoms with E-state index in [0.29, 0.717) is 5.56 Å². The third-order valence-electron chi connectivity index (χ3n) is 5.61. The van der Waals surface area contributed by atoms with E-state index in [-0.39, 0.29) is 48.6 Å². The van der Waals surface area contributed by atoms with Crippen LogP contribution in [0, 0.1) is 11.8 Å². The van der Waals surface area contributed by atoms with Gasteiger partial charge >= 0.3 is 0 Å². The predicted molar refractivity (Wildman–Crippen MR) is 91.1 cm³/mol. The number of aromatic nitrogens is 1. The number of amides is 1. The molecule has 1 amide bonds. The van der Waals surface area contributed by atoms with Gasteiger partial charge in [-0.25, -0.2) is 9.37 Å². The SMILES string of the molecule is O=C(Cc1ccccc1F)N1[C@H]2CC[C@H]1CC(O)(c1cccnc1F)C2. The Morgan fingerprint density at radius 2 is 1.85 bits per heavy atom. The molecule has 0 aliphatic carbocycles. The highest BCUT2D eigenvalue weighted by molar-refractivity contribution is 5.80. The van der Waals surface area contributed by atoms with Crippen molar-refractivity contribution in [3.05, 3.63) is 65.5 Å². The standard InChI is InChI=1S/C20H20F2N2O2/c21-17-6-2-1-4-13(17)10-18(25)24-14-7-8-15(24)12-20(26,11-14)16-5-3-9-23-19(16)22/h1-6,9,14-15,26H,7-8,10-12H2/t14-,15-/m0/s1. The molecule has 136 valence electrons. The van der Waals surface area contributed by atoms with Gasteiger partial charge in [0.2, 0.25) is 11.9 Å². The summed E-state index contributed by atoms with van der Waals surface area (Å²) in [7, 11) is 0. The zero-order chi connectivity index (χ0) is 18.3. The number of hydrogen-bond acceptors (Lipinski definition) is 3. The number of aliphatic hydroxyl groups is 1. The smallest absolute Gasteiger partial charge is 0.227 e. The molecular weight excluding hydrogens is 338 g/mol. The molecule has 4 nitrogen and oxygen atoms in total. The lowest BCUT2D eigenvalue weighted by Crippen LogP contribution is -2.52. The van der Waals surface area contributed by atoms with Crippen LogP contribution in [-0.2, 0) is 16.8 Å². The van der Waals surface area contributed by atoms with Crippen LogP contribution in [0.15, 0.2) is 42.6 Å². The zero-order valence-electron chi connectivity index (χ0n) is 14.2. The first kappa shape index (κ1) is 17.1. The first-order valence-electron chi connectivity index (χ1n) is 8.86. The van der Waals surface area contributed by atoms with E-state index in [0.717, 1.165) is 12.8 Å². The Balaban J connectivity index is 1.55. The van der Waals surface area contributed by atoms with Crippen molar-refractivity contribution in [1.29, 1.82) is 0 Å². The van der Waals surface area contributed by atoms with Gasteiger partial charge in [0.05, 0.1) is 12.0 Å². The molecule has 1 aromatic carbocycles. The van der Waals surface area contributed by atoms with Crippen molar-refractivity contribution in [2.24, 2.45) is 0 Å². The fourth-order valence-electron chi connectivity index (χ4n) is 4.48. The molecule has 2 atom stereocenters. The highest BCUT2D eigenvalue weighted by Gasteiger charge is 2.50. The van der Waals surface area contributed by atoms with Crippen LogP contribution < -0.4 is 0 Å². The van der Waals surface area contributed by atoms with Crippen molar-refractivity contribution in [2.45, 2.75) is 49.8 Å². The molecular formula is C20H20F2N2O2. The van der Waals surface area contributed by atoms with E-state index in [9.17, 15) is 18.7 Å². The molecule has 2 saturated heterocycles. The second-order valence-electron chi connectivity index (χ2n) is 7.24. The second-order valence-corrected chi connectivity index (χ2v) is 7.24. The summed E-state index contributed by atoms with van der Waals surface area (Å²) < 4.78 is 27.9. The number of pyridine rings is 1. The summed E-state index contributed by atoms with van der Waals surface area (Å²) in [6, 6.07) is 9.08. The quantitative estimate of drug-likeness (QED) is 0.859. The molecule has 26 heavy (non-hydrogen) atoms. The summed E-state index contributed by atoms with van der Waals surface area (Å²) in [5.41, 5.74) is -0.756. The van der Waals surface area contributed by atoms with Gasteiger partial charge in [0, 0.05) is 36.7 Å². The summed E-state index contributed by atoms with van der Waals surface area (Å²) in [6.07, 6.45) is 3.42. The van der Waals surface area contributed by atoms with E-state index in [1.165, 1.54) is 12.3 Å². The zero-order valence-corrected chi connectivity index (χ0v) is 14.2. The third-order valence-corrected chi connectivity index (χ3v) is 5.61. The summed E-state index contributed by atoms with van der Waals surface area (Å²) in [4.78, 5) is 18.2. The molecule has 3 heterocycles. The Morgan fingerprint density at radius 3 is 2.50 bits per heavy atom. The molecule has 0 saturated carbocycles. The Morgan fingerprint density at radius 1 is 1.15 bits per heavy atom. The van der Waals surface area contributed by atoms with Gasteiger partial charge in [-0.15, -0.1) is 0 Å². The highest BCUT2D eigenvalue weighted by atomic mass is 19.1. The number of benzene rings is 1. The lowest BCUT2D eigenvalue weighted by Gasteiger charge is -2.44. The maximum absolute atomic E-state index is 14.1. The van der Waals surface area contributed by atoms with E-state index < -0.39 is 11.5 Å². The molecule has 2 aromatic rings. The van der Waals surface area contributed by atoms with E-state index in [1.807, 2.05) is 0 Å². The number of carbonyl (C=O) groups is 1. The van der Waals surface area contributed by atoms with Crippen LogP contribution in [0.25, 0.3) is 0 Å². The fraction of sp³-hybridized carbons (Fsp3) is 0.400. The van der Waals surface area contributed by atoms with E-state index in [4.69, 9.17) is 0 Å². The minimum atomic E-state index is -1.32. The van der Waals surface area contributed by atoms with Crippen molar-refractivity contribution >= 4 is 5.91 Å². The Hall–Kier alpha value is -2.34. The molecule has 2 fully saturated rings. The number of hydrogen-bond donors (Lipinski definition) is 1. The first-order valence-corrected chi connectivity index (χ1v) is 8.86. The van der Waals surface area contributed by atoms with Gasteiger partial charge in [0.25, 0.3) is 0 Å². The highest BCUT2D eigenvalue weighted by Crippen LogP contribution is 2.46. The topological polar surface area (TPSA) is 53.4 Å². The number of fused-ring (bicyclic) bond motifs is 2. The van der Waals surface area contributed by atoms with Crippen molar-refractivity contribution < 1.29 is 18.7 Å². The van der Waals surface area contributed by atoms with Crippen LogP contribution in [0.5, 0.6) is 0 Å². The van der Waals surface area contributed by atoms with Crippen molar-refractivity contribution in [3.8, 4) is 0 Å². The molecule has 4 rings (SSSR count). The molecule has 2 bridgehead atoms. The van der Waals surface area contributed by atoms with Gasteiger partial charge in [-0.1, -0.05) is 24.3 Å². The maximum atomic E-state index is 14.1. The summed E-state index contributed by atoms with van der Waals surface area (Å²) in [5, 5.41) is 11.1. The van der Waals surface area contributed by atoms with E-state index in [1.54, 1.807) is 35.2 Å². The van der Waals surface area contributed by atoms with Gasteiger partial charge in [-0.3, -0.25) is 4.79 Å². The monoisotopic (exact) mass is 358 g/mol. The normalized spacial score (nSPS) is 27.6. The minimum Gasteiger partial charge on any atom is -0.385 e. The average Bonchev–Trinajstić information content (AvgIpc) is 2.90. The van der Waals surface area contributed by atoms with Crippen molar-refractivity contribution in [3.63, 3.8) is 0 Å². The molecule has 2 aliphatic heterocycles. The molecule has 2 aliphatic rings. The molecule has 0 unspecified atom stereocenters. The largest absolute Gasteiger partial charge is 0.385 e. The van der Waals surface area contributed by atoms with Crippen molar-refractivity contribution in [1.82, 2.24) is 9.88 Å². The van der Waals surface area contributed by atoms with Crippen LogP contribution >= 0.6 is 0 Å². The molecule has 0 radical (unpaired) electrons. The van der Waals surface area contributed by atoms with Crippen LogP contribution in [0.4, 0.5) is 8.78 Å². The minimum absolute atomic E-state index is 0.000639. The number of nitrogens with zero attached hydrogens (tertiary/aromatic N) is 2. The lowest BCUT2D eigenvalue weighted by atomic mass is 9.80.